The zero-order chi connectivity index (χ0) is 22.9. The van der Waals surface area contributed by atoms with Gasteiger partial charge in [0.1, 0.15) is 24.4 Å². The van der Waals surface area contributed by atoms with Gasteiger partial charge in [-0.25, -0.2) is 4.39 Å². The van der Waals surface area contributed by atoms with Gasteiger partial charge in [-0.3, -0.25) is 0 Å². The zero-order valence-electron chi connectivity index (χ0n) is 18.3. The molecule has 0 aromatic heterocycles. The normalized spacial score (nSPS) is 25.1. The van der Waals surface area contributed by atoms with Crippen molar-refractivity contribution in [1.82, 2.24) is 0 Å². The molecule has 0 spiro atoms. The highest BCUT2D eigenvalue weighted by atomic mass is 19.1. The minimum Gasteiger partial charge on any atom is -0.387 e. The summed E-state index contributed by atoms with van der Waals surface area (Å²) in [6.07, 6.45) is -5.74. The largest absolute Gasteiger partial charge is 0.387 e. The summed E-state index contributed by atoms with van der Waals surface area (Å²) in [7, 11) is 0. The van der Waals surface area contributed by atoms with Gasteiger partial charge in [0.15, 0.2) is 0 Å². The van der Waals surface area contributed by atoms with Gasteiger partial charge in [0.05, 0.1) is 26.4 Å². The minimum atomic E-state index is -1.76. The number of hydrogen-bond acceptors (Lipinski definition) is 5. The van der Waals surface area contributed by atoms with Crippen molar-refractivity contribution in [2.75, 3.05) is 6.61 Å². The van der Waals surface area contributed by atoms with Crippen molar-refractivity contribution < 1.29 is 28.4 Å². The van der Waals surface area contributed by atoms with Crippen molar-refractivity contribution in [2.45, 2.75) is 50.6 Å². The average Bonchev–Trinajstić information content (AvgIpc) is 2.86. The van der Waals surface area contributed by atoms with Gasteiger partial charge in [-0.2, -0.15) is 0 Å². The second-order valence-electron chi connectivity index (χ2n) is 8.04. The Morgan fingerprint density at radius 2 is 1.12 bits per heavy atom. The Morgan fingerprint density at radius 1 is 0.667 bits per heavy atom. The molecule has 0 bridgehead atoms. The van der Waals surface area contributed by atoms with E-state index < -0.39 is 30.8 Å². The first-order valence-corrected chi connectivity index (χ1v) is 11.1. The van der Waals surface area contributed by atoms with E-state index in [0.29, 0.717) is 6.61 Å². The summed E-state index contributed by atoms with van der Waals surface area (Å²) in [5.41, 5.74) is 2.81. The third-order valence-electron chi connectivity index (χ3n) is 5.57. The number of benzene rings is 3. The number of halogens is 1. The van der Waals surface area contributed by atoms with Crippen LogP contribution in [-0.4, -0.2) is 42.5 Å². The third kappa shape index (κ3) is 6.69. The molecule has 1 heterocycles. The minimum absolute atomic E-state index is 0.0348. The van der Waals surface area contributed by atoms with E-state index in [2.05, 4.69) is 0 Å². The third-order valence-corrected chi connectivity index (χ3v) is 5.57. The fraction of sp³-hybridized carbons (Fsp3) is 0.333. The Hall–Kier alpha value is -2.61. The topological polar surface area (TPSA) is 57.2 Å². The molecule has 6 heteroatoms. The molecule has 0 saturated carbocycles. The Balaban J connectivity index is 1.41. The van der Waals surface area contributed by atoms with Crippen LogP contribution in [0.25, 0.3) is 0 Å². The lowest BCUT2D eigenvalue weighted by atomic mass is 9.99. The van der Waals surface area contributed by atoms with E-state index in [-0.39, 0.29) is 19.8 Å². The van der Waals surface area contributed by atoms with E-state index in [0.717, 1.165) is 16.7 Å². The maximum atomic E-state index is 15.1. The van der Waals surface area contributed by atoms with Gasteiger partial charge in [-0.15, -0.1) is 0 Å². The fourth-order valence-electron chi connectivity index (χ4n) is 3.78. The van der Waals surface area contributed by atoms with Crippen LogP contribution in [0.3, 0.4) is 0 Å². The number of ether oxygens (including phenoxy) is 4. The summed E-state index contributed by atoms with van der Waals surface area (Å²) < 4.78 is 38.1. The maximum Gasteiger partial charge on any atom is 0.228 e. The monoisotopic (exact) mass is 452 g/mol. The molecule has 3 aromatic carbocycles. The maximum absolute atomic E-state index is 15.1. The smallest absolute Gasteiger partial charge is 0.228 e. The van der Waals surface area contributed by atoms with Crippen LogP contribution in [-0.2, 0) is 38.8 Å². The lowest BCUT2D eigenvalue weighted by Crippen LogP contribution is -2.59. The molecule has 1 N–H and O–H groups in total. The molecule has 1 aliphatic rings. The molecular formula is C27H29FO5. The quantitative estimate of drug-likeness (QED) is 0.493. The SMILES string of the molecule is O[C@H]1C(COCc2ccccc2)OC(F)C(OCc2ccccc2)[C@H]1OCc1ccccc1. The average molecular weight is 453 g/mol. The van der Waals surface area contributed by atoms with Crippen molar-refractivity contribution in [3.63, 3.8) is 0 Å². The summed E-state index contributed by atoms with van der Waals surface area (Å²) >= 11 is 0. The summed E-state index contributed by atoms with van der Waals surface area (Å²) in [5, 5.41) is 11.0. The van der Waals surface area contributed by atoms with Crippen LogP contribution in [0, 0.1) is 0 Å². The molecule has 33 heavy (non-hydrogen) atoms. The molecule has 1 saturated heterocycles. The summed E-state index contributed by atoms with van der Waals surface area (Å²) in [5.74, 6) is 0. The van der Waals surface area contributed by atoms with Gasteiger partial charge >= 0.3 is 0 Å². The van der Waals surface area contributed by atoms with Gasteiger partial charge in [-0.05, 0) is 16.7 Å². The van der Waals surface area contributed by atoms with Crippen molar-refractivity contribution in [3.05, 3.63) is 108 Å². The van der Waals surface area contributed by atoms with Gasteiger partial charge in [0.2, 0.25) is 6.36 Å². The predicted molar refractivity (Wildman–Crippen MR) is 122 cm³/mol. The van der Waals surface area contributed by atoms with Crippen LogP contribution in [0.15, 0.2) is 91.0 Å². The Morgan fingerprint density at radius 3 is 1.64 bits per heavy atom. The van der Waals surface area contributed by atoms with Crippen LogP contribution >= 0.6 is 0 Å². The Kier molecular flexibility index (Phi) is 8.58. The van der Waals surface area contributed by atoms with Crippen molar-refractivity contribution in [3.8, 4) is 0 Å². The Labute approximate surface area is 193 Å². The molecule has 3 aromatic rings. The van der Waals surface area contributed by atoms with Crippen LogP contribution < -0.4 is 0 Å². The number of aliphatic hydroxyl groups excluding tert-OH is 1. The highest BCUT2D eigenvalue weighted by Gasteiger charge is 2.47. The molecule has 174 valence electrons. The molecule has 0 amide bonds. The Bertz CT molecular complexity index is 941. The summed E-state index contributed by atoms with van der Waals surface area (Å²) in [6.45, 7) is 0.779. The van der Waals surface area contributed by atoms with E-state index in [9.17, 15) is 5.11 Å². The standard InChI is InChI=1S/C27H29FO5/c28-27-26(32-18-22-14-8-3-9-15-22)25(31-17-21-12-6-2-7-13-21)24(29)23(33-27)19-30-16-20-10-4-1-5-11-20/h1-15,23-27,29H,16-19H2/t23?,24-,25-,26?,27?/m0/s1. The number of hydrogen-bond donors (Lipinski definition) is 1. The van der Waals surface area contributed by atoms with E-state index in [4.69, 9.17) is 18.9 Å². The van der Waals surface area contributed by atoms with E-state index in [1.54, 1.807) is 0 Å². The molecule has 5 nitrogen and oxygen atoms in total. The predicted octanol–water partition coefficient (Wildman–Crippen LogP) is 4.43. The highest BCUT2D eigenvalue weighted by Crippen LogP contribution is 2.29. The molecule has 1 aliphatic heterocycles. The molecule has 5 atom stereocenters. The first kappa shape index (κ1) is 23.5. The van der Waals surface area contributed by atoms with Gasteiger partial charge in [0.25, 0.3) is 0 Å². The highest BCUT2D eigenvalue weighted by molar-refractivity contribution is 5.15. The molecule has 0 radical (unpaired) electrons. The summed E-state index contributed by atoms with van der Waals surface area (Å²) in [6, 6.07) is 28.7. The molecule has 1 fully saturated rings. The van der Waals surface area contributed by atoms with Crippen LogP contribution in [0.5, 0.6) is 0 Å². The first-order valence-electron chi connectivity index (χ1n) is 11.1. The van der Waals surface area contributed by atoms with Crippen molar-refractivity contribution >= 4 is 0 Å². The van der Waals surface area contributed by atoms with Crippen LogP contribution in [0.4, 0.5) is 4.39 Å². The van der Waals surface area contributed by atoms with Crippen LogP contribution in [0.2, 0.25) is 0 Å². The van der Waals surface area contributed by atoms with E-state index in [1.807, 2.05) is 91.0 Å². The molecule has 3 unspecified atom stereocenters. The fourth-order valence-corrected chi connectivity index (χ4v) is 3.78. The van der Waals surface area contributed by atoms with Gasteiger partial charge in [0, 0.05) is 0 Å². The van der Waals surface area contributed by atoms with E-state index >= 15 is 4.39 Å². The lowest BCUT2D eigenvalue weighted by molar-refractivity contribution is -0.289. The number of alkyl halides is 1. The summed E-state index contributed by atoms with van der Waals surface area (Å²) in [4.78, 5) is 0. The van der Waals surface area contributed by atoms with E-state index in [1.165, 1.54) is 0 Å². The lowest BCUT2D eigenvalue weighted by Gasteiger charge is -2.41. The first-order chi connectivity index (χ1) is 16.2. The molecular weight excluding hydrogens is 423 g/mol. The second-order valence-corrected chi connectivity index (χ2v) is 8.04. The number of aliphatic hydroxyl groups is 1. The zero-order valence-corrected chi connectivity index (χ0v) is 18.3. The van der Waals surface area contributed by atoms with Crippen molar-refractivity contribution in [2.24, 2.45) is 0 Å². The number of rotatable bonds is 10. The second kappa shape index (κ2) is 12.0. The van der Waals surface area contributed by atoms with Gasteiger partial charge in [-0.1, -0.05) is 91.0 Å². The molecule has 4 rings (SSSR count). The van der Waals surface area contributed by atoms with Crippen LogP contribution in [0.1, 0.15) is 16.7 Å². The molecule has 0 aliphatic carbocycles. The van der Waals surface area contributed by atoms with Gasteiger partial charge < -0.3 is 24.1 Å². The van der Waals surface area contributed by atoms with Crippen molar-refractivity contribution in [1.29, 1.82) is 0 Å².